The van der Waals surface area contributed by atoms with Gasteiger partial charge in [0.15, 0.2) is 0 Å². The second kappa shape index (κ2) is 8.48. The summed E-state index contributed by atoms with van der Waals surface area (Å²) in [6.07, 6.45) is 5.23. The highest BCUT2D eigenvalue weighted by Crippen LogP contribution is 2.27. The Kier molecular flexibility index (Phi) is 6.08. The zero-order chi connectivity index (χ0) is 17.6. The standard InChI is InChI=1S/C20H28N2O3/c23-18(14-15-6-2-1-3-7-15)19(24)21-17-10-12-22(13-11-17)20(25)16-8-4-5-9-16/h1-3,6-7,16-18,23H,4-5,8-14H2,(H,21,24)/t18-/m0/s1. The zero-order valence-electron chi connectivity index (χ0n) is 14.7. The highest BCUT2D eigenvalue weighted by atomic mass is 16.3. The zero-order valence-corrected chi connectivity index (χ0v) is 14.7. The Hall–Kier alpha value is -1.88. The third-order valence-corrected chi connectivity index (χ3v) is 5.43. The Morgan fingerprint density at radius 2 is 1.72 bits per heavy atom. The van der Waals surface area contributed by atoms with Crippen LogP contribution in [0.5, 0.6) is 0 Å². The van der Waals surface area contributed by atoms with Gasteiger partial charge in [0.25, 0.3) is 0 Å². The molecular weight excluding hydrogens is 316 g/mol. The van der Waals surface area contributed by atoms with Gasteiger partial charge >= 0.3 is 0 Å². The number of benzene rings is 1. The average Bonchev–Trinajstić information content (AvgIpc) is 3.17. The minimum atomic E-state index is -1.03. The second-order valence-corrected chi connectivity index (χ2v) is 7.30. The van der Waals surface area contributed by atoms with Gasteiger partial charge in [-0.3, -0.25) is 9.59 Å². The van der Waals surface area contributed by atoms with Crippen LogP contribution in [0.1, 0.15) is 44.1 Å². The lowest BCUT2D eigenvalue weighted by Crippen LogP contribution is -2.50. The van der Waals surface area contributed by atoms with E-state index in [1.54, 1.807) is 0 Å². The lowest BCUT2D eigenvalue weighted by Gasteiger charge is -2.34. The number of aliphatic hydroxyl groups excluding tert-OH is 1. The van der Waals surface area contributed by atoms with Gasteiger partial charge in [0, 0.05) is 31.5 Å². The Morgan fingerprint density at radius 3 is 2.36 bits per heavy atom. The third-order valence-electron chi connectivity index (χ3n) is 5.43. The van der Waals surface area contributed by atoms with E-state index in [1.807, 2.05) is 35.2 Å². The first-order valence-corrected chi connectivity index (χ1v) is 9.44. The number of aliphatic hydroxyl groups is 1. The van der Waals surface area contributed by atoms with E-state index in [1.165, 1.54) is 12.8 Å². The first-order chi connectivity index (χ1) is 12.1. The number of carbonyl (C=O) groups excluding carboxylic acids is 2. The summed E-state index contributed by atoms with van der Waals surface area (Å²) in [6, 6.07) is 9.57. The maximum absolute atomic E-state index is 12.4. The molecule has 25 heavy (non-hydrogen) atoms. The highest BCUT2D eigenvalue weighted by molar-refractivity contribution is 5.81. The molecule has 1 aliphatic carbocycles. The molecule has 2 aliphatic rings. The highest BCUT2D eigenvalue weighted by Gasteiger charge is 2.30. The Bertz CT molecular complexity index is 576. The van der Waals surface area contributed by atoms with Gasteiger partial charge in [0.05, 0.1) is 0 Å². The molecule has 5 heteroatoms. The molecule has 1 aliphatic heterocycles. The normalized spacial score (nSPS) is 20.4. The maximum atomic E-state index is 12.4. The number of rotatable bonds is 5. The molecule has 1 saturated heterocycles. The summed E-state index contributed by atoms with van der Waals surface area (Å²) in [5.74, 6) is 0.203. The van der Waals surface area contributed by atoms with Crippen molar-refractivity contribution in [1.82, 2.24) is 10.2 Å². The van der Waals surface area contributed by atoms with Crippen molar-refractivity contribution in [1.29, 1.82) is 0 Å². The first-order valence-electron chi connectivity index (χ1n) is 9.44. The van der Waals surface area contributed by atoms with Crippen molar-refractivity contribution in [3.63, 3.8) is 0 Å². The fourth-order valence-electron chi connectivity index (χ4n) is 3.90. The van der Waals surface area contributed by atoms with E-state index >= 15 is 0 Å². The van der Waals surface area contributed by atoms with Gasteiger partial charge in [-0.25, -0.2) is 0 Å². The molecular formula is C20H28N2O3. The van der Waals surface area contributed by atoms with Gasteiger partial charge in [-0.05, 0) is 31.2 Å². The molecule has 1 saturated carbocycles. The van der Waals surface area contributed by atoms with Crippen LogP contribution in [-0.2, 0) is 16.0 Å². The van der Waals surface area contributed by atoms with Gasteiger partial charge in [0.2, 0.25) is 11.8 Å². The largest absolute Gasteiger partial charge is 0.383 e. The Labute approximate surface area is 149 Å². The topological polar surface area (TPSA) is 69.6 Å². The van der Waals surface area contributed by atoms with E-state index in [-0.39, 0.29) is 17.9 Å². The summed E-state index contributed by atoms with van der Waals surface area (Å²) in [4.78, 5) is 26.6. The van der Waals surface area contributed by atoms with E-state index in [0.717, 1.165) is 31.2 Å². The lowest BCUT2D eigenvalue weighted by atomic mass is 10.0. The molecule has 2 N–H and O–H groups in total. The molecule has 1 heterocycles. The van der Waals surface area contributed by atoms with Crippen LogP contribution in [0.2, 0.25) is 0 Å². The van der Waals surface area contributed by atoms with Crippen molar-refractivity contribution in [2.75, 3.05) is 13.1 Å². The molecule has 1 aromatic carbocycles. The van der Waals surface area contributed by atoms with Crippen LogP contribution in [0.15, 0.2) is 30.3 Å². The molecule has 136 valence electrons. The molecule has 1 atom stereocenters. The summed E-state index contributed by atoms with van der Waals surface area (Å²) < 4.78 is 0. The Balaban J connectivity index is 1.42. The van der Waals surface area contributed by atoms with Crippen molar-refractivity contribution >= 4 is 11.8 Å². The molecule has 2 fully saturated rings. The number of nitrogens with zero attached hydrogens (tertiary/aromatic N) is 1. The fourth-order valence-corrected chi connectivity index (χ4v) is 3.90. The van der Waals surface area contributed by atoms with E-state index in [0.29, 0.717) is 25.4 Å². The molecule has 3 rings (SSSR count). The molecule has 1 aromatic rings. The van der Waals surface area contributed by atoms with Crippen molar-refractivity contribution in [3.8, 4) is 0 Å². The van der Waals surface area contributed by atoms with Gasteiger partial charge in [-0.2, -0.15) is 0 Å². The summed E-state index contributed by atoms with van der Waals surface area (Å²) in [5.41, 5.74) is 0.946. The van der Waals surface area contributed by atoms with Crippen LogP contribution < -0.4 is 5.32 Å². The van der Waals surface area contributed by atoms with E-state index < -0.39 is 6.10 Å². The predicted octanol–water partition coefficient (Wildman–Crippen LogP) is 1.89. The number of carbonyl (C=O) groups is 2. The SMILES string of the molecule is O=C(NC1CCN(C(=O)C2CCCC2)CC1)[C@@H](O)Cc1ccccc1. The summed E-state index contributed by atoms with van der Waals surface area (Å²) in [6.45, 7) is 1.41. The minimum Gasteiger partial charge on any atom is -0.383 e. The molecule has 0 radical (unpaired) electrons. The van der Waals surface area contributed by atoms with Crippen molar-refractivity contribution < 1.29 is 14.7 Å². The molecule has 5 nitrogen and oxygen atoms in total. The number of hydrogen-bond donors (Lipinski definition) is 2. The van der Waals surface area contributed by atoms with Crippen LogP contribution in [0, 0.1) is 5.92 Å². The minimum absolute atomic E-state index is 0.0468. The summed E-state index contributed by atoms with van der Waals surface area (Å²) in [7, 11) is 0. The number of amides is 2. The number of nitrogens with one attached hydrogen (secondary N) is 1. The van der Waals surface area contributed by atoms with E-state index in [4.69, 9.17) is 0 Å². The quantitative estimate of drug-likeness (QED) is 0.857. The molecule has 0 aromatic heterocycles. The maximum Gasteiger partial charge on any atom is 0.249 e. The lowest BCUT2D eigenvalue weighted by molar-refractivity contribution is -0.136. The van der Waals surface area contributed by atoms with Gasteiger partial charge in [0.1, 0.15) is 6.10 Å². The molecule has 0 spiro atoms. The Morgan fingerprint density at radius 1 is 1.08 bits per heavy atom. The van der Waals surface area contributed by atoms with Gasteiger partial charge in [-0.1, -0.05) is 43.2 Å². The van der Waals surface area contributed by atoms with E-state index in [9.17, 15) is 14.7 Å². The summed E-state index contributed by atoms with van der Waals surface area (Å²) >= 11 is 0. The molecule has 0 unspecified atom stereocenters. The van der Waals surface area contributed by atoms with Crippen LogP contribution >= 0.6 is 0 Å². The number of likely N-dealkylation sites (tertiary alicyclic amines) is 1. The van der Waals surface area contributed by atoms with Crippen LogP contribution in [0.4, 0.5) is 0 Å². The van der Waals surface area contributed by atoms with Crippen molar-refractivity contribution in [3.05, 3.63) is 35.9 Å². The van der Waals surface area contributed by atoms with Gasteiger partial charge < -0.3 is 15.3 Å². The molecule has 2 amide bonds. The summed E-state index contributed by atoms with van der Waals surface area (Å²) in [5, 5.41) is 13.0. The van der Waals surface area contributed by atoms with E-state index in [2.05, 4.69) is 5.32 Å². The van der Waals surface area contributed by atoms with Crippen LogP contribution in [0.25, 0.3) is 0 Å². The smallest absolute Gasteiger partial charge is 0.249 e. The van der Waals surface area contributed by atoms with Crippen molar-refractivity contribution in [2.24, 2.45) is 5.92 Å². The monoisotopic (exact) mass is 344 g/mol. The van der Waals surface area contributed by atoms with Crippen molar-refractivity contribution in [2.45, 2.75) is 57.1 Å². The second-order valence-electron chi connectivity index (χ2n) is 7.30. The molecule has 0 bridgehead atoms. The average molecular weight is 344 g/mol. The number of piperidine rings is 1. The third kappa shape index (κ3) is 4.82. The van der Waals surface area contributed by atoms with Crippen LogP contribution in [0.3, 0.4) is 0 Å². The number of hydrogen-bond acceptors (Lipinski definition) is 3. The fraction of sp³-hybridized carbons (Fsp3) is 0.600. The van der Waals surface area contributed by atoms with Gasteiger partial charge in [-0.15, -0.1) is 0 Å². The van der Waals surface area contributed by atoms with Crippen LogP contribution in [-0.4, -0.2) is 47.1 Å². The first kappa shape index (κ1) is 17.9. The predicted molar refractivity (Wildman–Crippen MR) is 95.9 cm³/mol.